The van der Waals surface area contributed by atoms with E-state index in [1.54, 1.807) is 4.68 Å². The summed E-state index contributed by atoms with van der Waals surface area (Å²) in [6.45, 7) is 5.57. The molecule has 0 amide bonds. The predicted molar refractivity (Wildman–Crippen MR) is 63.9 cm³/mol. The zero-order valence-electron chi connectivity index (χ0n) is 10.5. The van der Waals surface area contributed by atoms with Crippen molar-refractivity contribution < 1.29 is 0 Å². The molecule has 0 saturated heterocycles. The molecule has 4 heteroatoms. The van der Waals surface area contributed by atoms with Gasteiger partial charge in [-0.25, -0.2) is 0 Å². The molecular formula is C12H22N4. The summed E-state index contributed by atoms with van der Waals surface area (Å²) in [4.78, 5) is 0. The van der Waals surface area contributed by atoms with Gasteiger partial charge in [0, 0.05) is 25.8 Å². The minimum Gasteiger partial charge on any atom is -0.308 e. The molecule has 2 rings (SSSR count). The summed E-state index contributed by atoms with van der Waals surface area (Å²) >= 11 is 0. The summed E-state index contributed by atoms with van der Waals surface area (Å²) in [5.41, 5.74) is 1.53. The normalized spacial score (nSPS) is 24.6. The van der Waals surface area contributed by atoms with Gasteiger partial charge < -0.3 is 5.32 Å². The first kappa shape index (κ1) is 11.6. The van der Waals surface area contributed by atoms with Crippen LogP contribution < -0.4 is 5.32 Å². The molecule has 1 aromatic heterocycles. The van der Waals surface area contributed by atoms with Crippen LogP contribution in [0.15, 0.2) is 6.20 Å². The van der Waals surface area contributed by atoms with Gasteiger partial charge in [0.2, 0.25) is 0 Å². The molecule has 0 spiro atoms. The quantitative estimate of drug-likeness (QED) is 0.849. The van der Waals surface area contributed by atoms with Crippen LogP contribution in [-0.4, -0.2) is 21.0 Å². The Labute approximate surface area is 97.4 Å². The fourth-order valence-corrected chi connectivity index (χ4v) is 2.60. The fraction of sp³-hybridized carbons (Fsp3) is 0.833. The monoisotopic (exact) mass is 222 g/mol. The van der Waals surface area contributed by atoms with E-state index >= 15 is 0 Å². The third kappa shape index (κ3) is 3.04. The molecule has 4 nitrogen and oxygen atoms in total. The molecule has 1 atom stereocenters. The summed E-state index contributed by atoms with van der Waals surface area (Å²) in [6.07, 6.45) is 7.24. The Morgan fingerprint density at radius 1 is 1.56 bits per heavy atom. The second-order valence-electron chi connectivity index (χ2n) is 5.72. The molecule has 1 aliphatic carbocycles. The van der Waals surface area contributed by atoms with E-state index < -0.39 is 0 Å². The molecule has 1 N–H and O–H groups in total. The zero-order chi connectivity index (χ0) is 11.6. The van der Waals surface area contributed by atoms with Crippen molar-refractivity contribution in [1.29, 1.82) is 0 Å². The van der Waals surface area contributed by atoms with Crippen LogP contribution in [0.5, 0.6) is 0 Å². The highest BCUT2D eigenvalue weighted by molar-refractivity contribution is 4.93. The Balaban J connectivity index is 1.82. The van der Waals surface area contributed by atoms with Gasteiger partial charge in [-0.1, -0.05) is 25.5 Å². The number of aromatic nitrogens is 3. The number of aryl methyl sites for hydroxylation is 1. The van der Waals surface area contributed by atoms with E-state index in [2.05, 4.69) is 29.5 Å². The fourth-order valence-electron chi connectivity index (χ4n) is 2.60. The van der Waals surface area contributed by atoms with Crippen LogP contribution in [0.2, 0.25) is 0 Å². The van der Waals surface area contributed by atoms with Crippen LogP contribution in [0.3, 0.4) is 0 Å². The Bertz CT molecular complexity index is 343. The van der Waals surface area contributed by atoms with Gasteiger partial charge in [-0.2, -0.15) is 0 Å². The lowest BCUT2D eigenvalue weighted by Gasteiger charge is -2.35. The third-order valence-corrected chi connectivity index (χ3v) is 3.43. The molecule has 1 fully saturated rings. The summed E-state index contributed by atoms with van der Waals surface area (Å²) in [5.74, 6) is 0. The maximum Gasteiger partial charge on any atom is 0.0964 e. The van der Waals surface area contributed by atoms with Gasteiger partial charge in [-0.15, -0.1) is 5.10 Å². The summed E-state index contributed by atoms with van der Waals surface area (Å²) in [7, 11) is 1.90. The number of nitrogens with zero attached hydrogens (tertiary/aromatic N) is 3. The van der Waals surface area contributed by atoms with Crippen molar-refractivity contribution in [1.82, 2.24) is 20.3 Å². The number of rotatable bonds is 3. The maximum absolute atomic E-state index is 4.09. The van der Waals surface area contributed by atoms with Crippen molar-refractivity contribution in [2.24, 2.45) is 12.5 Å². The van der Waals surface area contributed by atoms with E-state index in [0.717, 1.165) is 12.2 Å². The van der Waals surface area contributed by atoms with Crippen LogP contribution in [0.4, 0.5) is 0 Å². The molecule has 1 aliphatic rings. The van der Waals surface area contributed by atoms with Crippen LogP contribution in [0.1, 0.15) is 45.2 Å². The van der Waals surface area contributed by atoms with E-state index in [9.17, 15) is 0 Å². The van der Waals surface area contributed by atoms with Gasteiger partial charge in [0.1, 0.15) is 0 Å². The van der Waals surface area contributed by atoms with Crippen molar-refractivity contribution in [3.8, 4) is 0 Å². The molecule has 1 aromatic rings. The van der Waals surface area contributed by atoms with Gasteiger partial charge in [0.25, 0.3) is 0 Å². The van der Waals surface area contributed by atoms with Crippen molar-refractivity contribution >= 4 is 0 Å². The topological polar surface area (TPSA) is 42.7 Å². The first-order valence-corrected chi connectivity index (χ1v) is 6.14. The molecule has 1 heterocycles. The highest BCUT2D eigenvalue weighted by atomic mass is 15.4. The lowest BCUT2D eigenvalue weighted by atomic mass is 9.75. The smallest absolute Gasteiger partial charge is 0.0964 e. The van der Waals surface area contributed by atoms with E-state index in [1.165, 1.54) is 25.7 Å². The first-order chi connectivity index (χ1) is 7.55. The van der Waals surface area contributed by atoms with E-state index in [0.29, 0.717) is 11.5 Å². The van der Waals surface area contributed by atoms with Crippen molar-refractivity contribution in [2.45, 2.75) is 52.1 Å². The van der Waals surface area contributed by atoms with Gasteiger partial charge in [0.15, 0.2) is 0 Å². The average Bonchev–Trinajstić information content (AvgIpc) is 2.60. The maximum atomic E-state index is 4.09. The van der Waals surface area contributed by atoms with Gasteiger partial charge in [-0.05, 0) is 24.7 Å². The SMILES string of the molecule is Cn1cc(CNC2CCCC(C)(C)C2)nn1. The molecule has 0 radical (unpaired) electrons. The molecule has 0 aliphatic heterocycles. The minimum atomic E-state index is 0.498. The number of nitrogens with one attached hydrogen (secondary N) is 1. The van der Waals surface area contributed by atoms with Gasteiger partial charge in [0.05, 0.1) is 5.69 Å². The van der Waals surface area contributed by atoms with Crippen LogP contribution in [0, 0.1) is 5.41 Å². The number of hydrogen-bond acceptors (Lipinski definition) is 3. The lowest BCUT2D eigenvalue weighted by Crippen LogP contribution is -2.36. The lowest BCUT2D eigenvalue weighted by molar-refractivity contribution is 0.197. The zero-order valence-corrected chi connectivity index (χ0v) is 10.5. The molecule has 16 heavy (non-hydrogen) atoms. The minimum absolute atomic E-state index is 0.498. The second-order valence-corrected chi connectivity index (χ2v) is 5.72. The molecule has 0 aromatic carbocycles. The van der Waals surface area contributed by atoms with Crippen LogP contribution in [0.25, 0.3) is 0 Å². The Morgan fingerprint density at radius 3 is 3.00 bits per heavy atom. The largest absolute Gasteiger partial charge is 0.308 e. The van der Waals surface area contributed by atoms with E-state index in [4.69, 9.17) is 0 Å². The first-order valence-electron chi connectivity index (χ1n) is 6.14. The average molecular weight is 222 g/mol. The van der Waals surface area contributed by atoms with Crippen LogP contribution in [-0.2, 0) is 13.6 Å². The summed E-state index contributed by atoms with van der Waals surface area (Å²) in [5, 5.41) is 11.6. The molecule has 1 unspecified atom stereocenters. The van der Waals surface area contributed by atoms with Crippen molar-refractivity contribution in [3.63, 3.8) is 0 Å². The third-order valence-electron chi connectivity index (χ3n) is 3.43. The molecule has 90 valence electrons. The van der Waals surface area contributed by atoms with E-state index in [-0.39, 0.29) is 0 Å². The van der Waals surface area contributed by atoms with E-state index in [1.807, 2.05) is 13.2 Å². The highest BCUT2D eigenvalue weighted by Gasteiger charge is 2.27. The second kappa shape index (κ2) is 4.53. The molecular weight excluding hydrogens is 200 g/mol. The standard InChI is InChI=1S/C12H22N4/c1-12(2)6-4-5-10(7-12)13-8-11-9-16(3)15-14-11/h9-10,13H,4-8H2,1-3H3. The Kier molecular flexibility index (Phi) is 3.28. The van der Waals surface area contributed by atoms with Crippen molar-refractivity contribution in [3.05, 3.63) is 11.9 Å². The summed E-state index contributed by atoms with van der Waals surface area (Å²) in [6, 6.07) is 0.644. The Hall–Kier alpha value is -0.900. The molecule has 1 saturated carbocycles. The van der Waals surface area contributed by atoms with Crippen molar-refractivity contribution in [2.75, 3.05) is 0 Å². The molecule has 0 bridgehead atoms. The predicted octanol–water partition coefficient (Wildman–Crippen LogP) is 1.87. The van der Waals surface area contributed by atoms with Crippen LogP contribution >= 0.6 is 0 Å². The summed E-state index contributed by atoms with van der Waals surface area (Å²) < 4.78 is 1.75. The highest BCUT2D eigenvalue weighted by Crippen LogP contribution is 2.35. The van der Waals surface area contributed by atoms with Gasteiger partial charge in [-0.3, -0.25) is 4.68 Å². The Morgan fingerprint density at radius 2 is 2.38 bits per heavy atom. The number of hydrogen-bond donors (Lipinski definition) is 1. The van der Waals surface area contributed by atoms with Gasteiger partial charge >= 0.3 is 0 Å².